The number of nitrogens with one attached hydrogen (secondary N) is 1. The van der Waals surface area contributed by atoms with E-state index in [1.807, 2.05) is 0 Å². The van der Waals surface area contributed by atoms with E-state index in [1.54, 1.807) is 29.2 Å². The molecule has 1 aromatic carbocycles. The topological polar surface area (TPSA) is 105 Å². The van der Waals surface area contributed by atoms with Crippen molar-refractivity contribution in [1.29, 1.82) is 0 Å². The molecule has 0 bridgehead atoms. The Morgan fingerprint density at radius 1 is 1.22 bits per heavy atom. The van der Waals surface area contributed by atoms with Crippen LogP contribution in [-0.4, -0.2) is 68.4 Å². The fourth-order valence-electron chi connectivity index (χ4n) is 3.59. The van der Waals surface area contributed by atoms with Crippen LogP contribution < -0.4 is 15.1 Å². The number of rotatable bonds is 5. The summed E-state index contributed by atoms with van der Waals surface area (Å²) >= 11 is 0. The first-order valence-corrected chi connectivity index (χ1v) is 10.2. The number of hydrogen-bond donors (Lipinski definition) is 1. The summed E-state index contributed by atoms with van der Waals surface area (Å²) < 4.78 is 25.3. The van der Waals surface area contributed by atoms with E-state index in [9.17, 15) is 18.8 Å². The number of ether oxygens (including phenoxy) is 1. The van der Waals surface area contributed by atoms with Gasteiger partial charge in [0, 0.05) is 20.0 Å². The summed E-state index contributed by atoms with van der Waals surface area (Å²) in [6.07, 6.45) is 0.310. The summed E-state index contributed by atoms with van der Waals surface area (Å²) in [7, 11) is 0. The first kappa shape index (κ1) is 21.6. The number of halogens is 1. The van der Waals surface area contributed by atoms with E-state index in [-0.39, 0.29) is 37.9 Å². The van der Waals surface area contributed by atoms with Crippen LogP contribution in [0, 0.1) is 5.82 Å². The molecule has 0 unspecified atom stereocenters. The normalized spacial score (nSPS) is 19.0. The van der Waals surface area contributed by atoms with Gasteiger partial charge in [-0.25, -0.2) is 14.2 Å². The van der Waals surface area contributed by atoms with E-state index >= 15 is 0 Å². The SMILES string of the molecule is CC(=O)NC[C@H]1CN(c2ccc(N3CCON(C(=O)c4ccco4)CC3)c(F)c2)C(=O)O1. The van der Waals surface area contributed by atoms with Gasteiger partial charge in [-0.3, -0.25) is 19.3 Å². The van der Waals surface area contributed by atoms with Crippen molar-refractivity contribution in [2.45, 2.75) is 13.0 Å². The summed E-state index contributed by atoms with van der Waals surface area (Å²) in [5.41, 5.74) is 0.703. The second-order valence-corrected chi connectivity index (χ2v) is 7.39. The zero-order valence-corrected chi connectivity index (χ0v) is 17.5. The number of furan rings is 1. The zero-order chi connectivity index (χ0) is 22.7. The summed E-state index contributed by atoms with van der Waals surface area (Å²) in [6, 6.07) is 7.67. The maximum Gasteiger partial charge on any atom is 0.414 e. The highest BCUT2D eigenvalue weighted by Crippen LogP contribution is 2.28. The van der Waals surface area contributed by atoms with Gasteiger partial charge in [0.2, 0.25) is 5.91 Å². The summed E-state index contributed by atoms with van der Waals surface area (Å²) in [6.45, 7) is 2.93. The monoisotopic (exact) mass is 446 g/mol. The fraction of sp³-hybridized carbons (Fsp3) is 0.381. The molecule has 1 atom stereocenters. The van der Waals surface area contributed by atoms with E-state index in [4.69, 9.17) is 14.0 Å². The molecular formula is C21H23FN4O6. The molecule has 2 saturated heterocycles. The van der Waals surface area contributed by atoms with Gasteiger partial charge >= 0.3 is 12.0 Å². The molecule has 11 heteroatoms. The molecule has 2 fully saturated rings. The zero-order valence-electron chi connectivity index (χ0n) is 17.5. The van der Waals surface area contributed by atoms with Gasteiger partial charge in [-0.05, 0) is 30.3 Å². The molecule has 0 aliphatic carbocycles. The lowest BCUT2D eigenvalue weighted by Crippen LogP contribution is -2.34. The Morgan fingerprint density at radius 3 is 2.78 bits per heavy atom. The maximum atomic E-state index is 15.0. The molecular weight excluding hydrogens is 423 g/mol. The Hall–Kier alpha value is -3.60. The average Bonchev–Trinajstić information content (AvgIpc) is 3.36. The van der Waals surface area contributed by atoms with E-state index in [0.717, 1.165) is 0 Å². The van der Waals surface area contributed by atoms with Gasteiger partial charge < -0.3 is 19.4 Å². The van der Waals surface area contributed by atoms with Gasteiger partial charge in [0.1, 0.15) is 11.9 Å². The molecule has 0 radical (unpaired) electrons. The largest absolute Gasteiger partial charge is 0.459 e. The van der Waals surface area contributed by atoms with Crippen molar-refractivity contribution in [3.63, 3.8) is 0 Å². The number of hydroxylamine groups is 2. The average molecular weight is 446 g/mol. The van der Waals surface area contributed by atoms with Crippen LogP contribution in [0.2, 0.25) is 0 Å². The highest BCUT2D eigenvalue weighted by atomic mass is 19.1. The van der Waals surface area contributed by atoms with Crippen LogP contribution in [0.3, 0.4) is 0 Å². The molecule has 1 aromatic heterocycles. The van der Waals surface area contributed by atoms with Gasteiger partial charge in [-0.1, -0.05) is 0 Å². The number of nitrogens with zero attached hydrogens (tertiary/aromatic N) is 3. The van der Waals surface area contributed by atoms with Crippen molar-refractivity contribution < 1.29 is 32.8 Å². The molecule has 10 nitrogen and oxygen atoms in total. The maximum absolute atomic E-state index is 15.0. The van der Waals surface area contributed by atoms with Crippen LogP contribution in [-0.2, 0) is 14.4 Å². The second kappa shape index (κ2) is 9.27. The smallest absolute Gasteiger partial charge is 0.414 e. The minimum atomic E-state index is -0.595. The standard InChI is InChI=1S/C21H23FN4O6/c1-14(27)23-12-16-13-25(21(29)32-16)15-4-5-18(17(22)11-15)24-6-7-26(31-10-8-24)20(28)19-3-2-9-30-19/h2-5,9,11,16H,6-8,10,12-13H2,1H3,(H,23,27)/t16-/m0/s1. The molecule has 0 saturated carbocycles. The first-order valence-electron chi connectivity index (χ1n) is 10.2. The highest BCUT2D eigenvalue weighted by molar-refractivity contribution is 5.91. The van der Waals surface area contributed by atoms with Gasteiger partial charge in [-0.2, -0.15) is 0 Å². The molecule has 4 rings (SSSR count). The quantitative estimate of drug-likeness (QED) is 0.747. The number of hydrogen-bond acceptors (Lipinski definition) is 7. The molecule has 3 heterocycles. The van der Waals surface area contributed by atoms with Gasteiger partial charge in [0.05, 0.1) is 43.9 Å². The highest BCUT2D eigenvalue weighted by Gasteiger charge is 2.33. The Kier molecular flexibility index (Phi) is 6.26. The first-order chi connectivity index (χ1) is 15.4. The minimum absolute atomic E-state index is 0.170. The molecule has 2 aliphatic rings. The summed E-state index contributed by atoms with van der Waals surface area (Å²) in [4.78, 5) is 44.2. The number of anilines is 2. The van der Waals surface area contributed by atoms with E-state index in [1.165, 1.54) is 29.2 Å². The van der Waals surface area contributed by atoms with Gasteiger partial charge in [0.15, 0.2) is 5.76 Å². The molecule has 1 N–H and O–H groups in total. The molecule has 3 amide bonds. The van der Waals surface area contributed by atoms with Crippen LogP contribution in [0.15, 0.2) is 41.0 Å². The van der Waals surface area contributed by atoms with Crippen molar-refractivity contribution in [3.05, 3.63) is 48.2 Å². The summed E-state index contributed by atoms with van der Waals surface area (Å²) in [5.74, 6) is -0.954. The van der Waals surface area contributed by atoms with Crippen molar-refractivity contribution >= 4 is 29.3 Å². The van der Waals surface area contributed by atoms with Crippen LogP contribution in [0.25, 0.3) is 0 Å². The number of benzene rings is 1. The Morgan fingerprint density at radius 2 is 2.06 bits per heavy atom. The lowest BCUT2D eigenvalue weighted by Gasteiger charge is -2.23. The second-order valence-electron chi connectivity index (χ2n) is 7.39. The molecule has 0 spiro atoms. The van der Waals surface area contributed by atoms with Crippen molar-refractivity contribution in [2.24, 2.45) is 0 Å². The number of carbonyl (C=O) groups is 3. The van der Waals surface area contributed by atoms with E-state index < -0.39 is 23.9 Å². The molecule has 170 valence electrons. The molecule has 32 heavy (non-hydrogen) atoms. The Labute approximate surface area is 183 Å². The number of amides is 3. The van der Waals surface area contributed by atoms with Crippen LogP contribution in [0.5, 0.6) is 0 Å². The van der Waals surface area contributed by atoms with Crippen LogP contribution in [0.1, 0.15) is 17.5 Å². The third kappa shape index (κ3) is 4.67. The van der Waals surface area contributed by atoms with Gasteiger partial charge in [-0.15, -0.1) is 0 Å². The Balaban J connectivity index is 1.40. The van der Waals surface area contributed by atoms with Crippen molar-refractivity contribution in [1.82, 2.24) is 10.4 Å². The van der Waals surface area contributed by atoms with Crippen LogP contribution >= 0.6 is 0 Å². The molecule has 2 aliphatic heterocycles. The van der Waals surface area contributed by atoms with E-state index in [2.05, 4.69) is 5.32 Å². The predicted molar refractivity (Wildman–Crippen MR) is 111 cm³/mol. The van der Waals surface area contributed by atoms with Crippen molar-refractivity contribution in [2.75, 3.05) is 49.1 Å². The van der Waals surface area contributed by atoms with Crippen molar-refractivity contribution in [3.8, 4) is 0 Å². The van der Waals surface area contributed by atoms with Gasteiger partial charge in [0.25, 0.3) is 0 Å². The predicted octanol–water partition coefficient (Wildman–Crippen LogP) is 1.77. The van der Waals surface area contributed by atoms with Crippen LogP contribution in [0.4, 0.5) is 20.6 Å². The lowest BCUT2D eigenvalue weighted by molar-refractivity contribution is -0.119. The number of cyclic esters (lactones) is 1. The fourth-order valence-corrected chi connectivity index (χ4v) is 3.59. The number of carbonyl (C=O) groups excluding carboxylic acids is 3. The lowest BCUT2D eigenvalue weighted by atomic mass is 10.2. The summed E-state index contributed by atoms with van der Waals surface area (Å²) in [5, 5.41) is 3.81. The third-order valence-electron chi connectivity index (χ3n) is 5.18. The third-order valence-corrected chi connectivity index (χ3v) is 5.18. The minimum Gasteiger partial charge on any atom is -0.459 e. The van der Waals surface area contributed by atoms with E-state index in [0.29, 0.717) is 24.5 Å². The Bertz CT molecular complexity index is 998. The molecule has 2 aromatic rings.